The number of Topliss-reactive ketones (excluding diaryl/α,β-unsaturated/α-hetero) is 1. The van der Waals surface area contributed by atoms with Crippen molar-refractivity contribution in [3.63, 3.8) is 0 Å². The van der Waals surface area contributed by atoms with Gasteiger partial charge in [-0.1, -0.05) is 0 Å². The number of carboxylic acid groups (broad SMARTS) is 1. The lowest BCUT2D eigenvalue weighted by molar-refractivity contribution is -0.137. The summed E-state index contributed by atoms with van der Waals surface area (Å²) in [6.45, 7) is 2.22. The fraction of sp³-hybridized carbons (Fsp3) is 0.550. The monoisotopic (exact) mass is 517 g/mol. The van der Waals surface area contributed by atoms with E-state index in [1.807, 2.05) is 25.2 Å². The van der Waals surface area contributed by atoms with E-state index < -0.39 is 5.97 Å². The summed E-state index contributed by atoms with van der Waals surface area (Å²) in [5.74, 6) is 0.947. The molecule has 1 aliphatic rings. The molecular formula is C20H29Br2N3O3. The number of carbonyl (C=O) groups excluding carboxylic acids is 1. The second kappa shape index (κ2) is 11.7. The summed E-state index contributed by atoms with van der Waals surface area (Å²) < 4.78 is 2.12. The van der Waals surface area contributed by atoms with Crippen molar-refractivity contribution in [1.82, 2.24) is 14.9 Å². The molecule has 1 fully saturated rings. The molecule has 0 spiro atoms. The van der Waals surface area contributed by atoms with Crippen LogP contribution in [0.5, 0.6) is 0 Å². The molecule has 2 heterocycles. The van der Waals surface area contributed by atoms with Crippen molar-refractivity contribution in [2.45, 2.75) is 44.9 Å². The number of aliphatic carboxylic acids is 1. The summed E-state index contributed by atoms with van der Waals surface area (Å²) in [5, 5.41) is 12.1. The largest absolute Gasteiger partial charge is 0.481 e. The molecule has 0 amide bonds. The Hall–Kier alpha value is -1.25. The minimum absolute atomic E-state index is 0. The van der Waals surface area contributed by atoms with E-state index in [1.165, 1.54) is 12.8 Å². The molecule has 1 aromatic carbocycles. The average molecular weight is 519 g/mol. The van der Waals surface area contributed by atoms with Crippen LogP contribution >= 0.6 is 34.0 Å². The first-order valence-electron chi connectivity index (χ1n) is 9.45. The Morgan fingerprint density at radius 3 is 2.61 bits per heavy atom. The number of nitrogens with one attached hydrogen (secondary N) is 1. The van der Waals surface area contributed by atoms with Gasteiger partial charge in [0.05, 0.1) is 11.0 Å². The third kappa shape index (κ3) is 6.39. The number of nitrogens with zero attached hydrogens (tertiary/aromatic N) is 2. The predicted octanol–water partition coefficient (Wildman–Crippen LogP) is 4.10. The average Bonchev–Trinajstić information content (AvgIpc) is 2.96. The molecule has 0 atom stereocenters. The Morgan fingerprint density at radius 2 is 1.93 bits per heavy atom. The summed E-state index contributed by atoms with van der Waals surface area (Å²) >= 11 is 0. The first kappa shape index (κ1) is 24.8. The van der Waals surface area contributed by atoms with Gasteiger partial charge >= 0.3 is 5.97 Å². The lowest BCUT2D eigenvalue weighted by Gasteiger charge is -2.22. The van der Waals surface area contributed by atoms with Crippen LogP contribution in [0.2, 0.25) is 0 Å². The third-order valence-corrected chi connectivity index (χ3v) is 5.32. The van der Waals surface area contributed by atoms with Gasteiger partial charge in [-0.05, 0) is 62.9 Å². The molecule has 0 saturated carbocycles. The summed E-state index contributed by atoms with van der Waals surface area (Å²) in [4.78, 5) is 27.6. The number of rotatable bonds is 8. The van der Waals surface area contributed by atoms with E-state index in [4.69, 9.17) is 10.1 Å². The van der Waals surface area contributed by atoms with Crippen LogP contribution in [0.25, 0.3) is 11.0 Å². The second-order valence-corrected chi connectivity index (χ2v) is 7.19. The number of ketones is 1. The SMILES string of the molecule is Br.Br.Cn1c(CCC2CCNCC2)nc2cc(C(=O)CCCC(=O)O)ccc21. The molecule has 2 aromatic rings. The Bertz CT molecular complexity index is 801. The van der Waals surface area contributed by atoms with Crippen LogP contribution in [0.15, 0.2) is 18.2 Å². The number of fused-ring (bicyclic) bond motifs is 1. The maximum Gasteiger partial charge on any atom is 0.303 e. The molecule has 0 radical (unpaired) electrons. The van der Waals surface area contributed by atoms with Gasteiger partial charge in [0.25, 0.3) is 0 Å². The van der Waals surface area contributed by atoms with Gasteiger partial charge in [0.15, 0.2) is 5.78 Å². The first-order chi connectivity index (χ1) is 12.5. The fourth-order valence-electron chi connectivity index (χ4n) is 3.69. The zero-order valence-corrected chi connectivity index (χ0v) is 19.6. The molecular weight excluding hydrogens is 490 g/mol. The number of halogens is 2. The molecule has 156 valence electrons. The van der Waals surface area contributed by atoms with E-state index in [-0.39, 0.29) is 52.6 Å². The molecule has 6 nitrogen and oxygen atoms in total. The predicted molar refractivity (Wildman–Crippen MR) is 121 cm³/mol. The maximum atomic E-state index is 12.3. The van der Waals surface area contributed by atoms with Crippen LogP contribution in [-0.2, 0) is 18.3 Å². The lowest BCUT2D eigenvalue weighted by Crippen LogP contribution is -2.28. The van der Waals surface area contributed by atoms with Crippen LogP contribution < -0.4 is 5.32 Å². The Morgan fingerprint density at radius 1 is 1.21 bits per heavy atom. The van der Waals surface area contributed by atoms with E-state index in [2.05, 4.69) is 9.88 Å². The Kier molecular flexibility index (Phi) is 10.3. The fourth-order valence-corrected chi connectivity index (χ4v) is 3.69. The molecule has 8 heteroatoms. The van der Waals surface area contributed by atoms with E-state index in [1.54, 1.807) is 0 Å². The standard InChI is InChI=1S/C20H27N3O3.2BrH/c1-23-17-7-6-15(18(24)3-2-4-20(25)26)13-16(17)22-19(23)8-5-14-9-11-21-12-10-14;;/h6-7,13-14,21H,2-5,8-12H2,1H3,(H,25,26);2*1H. The van der Waals surface area contributed by atoms with Crippen molar-refractivity contribution in [3.05, 3.63) is 29.6 Å². The molecule has 0 aliphatic carbocycles. The number of benzene rings is 1. The van der Waals surface area contributed by atoms with Gasteiger partial charge in [-0.2, -0.15) is 0 Å². The maximum absolute atomic E-state index is 12.3. The molecule has 1 aliphatic heterocycles. The Labute approximate surface area is 186 Å². The number of carboxylic acids is 1. The van der Waals surface area contributed by atoms with Gasteiger partial charge in [-0.25, -0.2) is 4.98 Å². The van der Waals surface area contributed by atoms with Crippen molar-refractivity contribution >= 4 is 56.7 Å². The quantitative estimate of drug-likeness (QED) is 0.514. The van der Waals surface area contributed by atoms with Gasteiger partial charge in [-0.3, -0.25) is 9.59 Å². The molecule has 1 saturated heterocycles. The van der Waals surface area contributed by atoms with Gasteiger partial charge in [0, 0.05) is 31.9 Å². The van der Waals surface area contributed by atoms with Crippen LogP contribution in [-0.4, -0.2) is 39.5 Å². The van der Waals surface area contributed by atoms with E-state index in [0.29, 0.717) is 12.0 Å². The van der Waals surface area contributed by atoms with E-state index in [0.717, 1.165) is 48.7 Å². The highest BCUT2D eigenvalue weighted by Crippen LogP contribution is 2.22. The summed E-state index contributed by atoms with van der Waals surface area (Å²) in [6.07, 6.45) is 5.23. The summed E-state index contributed by atoms with van der Waals surface area (Å²) in [6, 6.07) is 5.61. The van der Waals surface area contributed by atoms with Gasteiger partial charge in [-0.15, -0.1) is 34.0 Å². The lowest BCUT2D eigenvalue weighted by atomic mass is 9.93. The van der Waals surface area contributed by atoms with Crippen LogP contribution in [0.4, 0.5) is 0 Å². The number of imidazole rings is 1. The molecule has 0 unspecified atom stereocenters. The Balaban J connectivity index is 0.00000196. The van der Waals surface area contributed by atoms with Crippen LogP contribution in [0.1, 0.15) is 54.7 Å². The third-order valence-electron chi connectivity index (χ3n) is 5.32. The highest BCUT2D eigenvalue weighted by Gasteiger charge is 2.16. The number of piperidine rings is 1. The van der Waals surface area contributed by atoms with Gasteiger partial charge < -0.3 is 15.0 Å². The molecule has 0 bridgehead atoms. The minimum atomic E-state index is -0.864. The second-order valence-electron chi connectivity index (χ2n) is 7.19. The number of aryl methyl sites for hydroxylation is 2. The molecule has 28 heavy (non-hydrogen) atoms. The van der Waals surface area contributed by atoms with Crippen LogP contribution in [0.3, 0.4) is 0 Å². The molecule has 1 aromatic heterocycles. The zero-order valence-electron chi connectivity index (χ0n) is 16.1. The smallest absolute Gasteiger partial charge is 0.303 e. The van der Waals surface area contributed by atoms with Crippen molar-refractivity contribution in [2.24, 2.45) is 13.0 Å². The van der Waals surface area contributed by atoms with Gasteiger partial charge in [0.1, 0.15) is 5.82 Å². The normalized spacial score (nSPS) is 14.3. The van der Waals surface area contributed by atoms with Crippen LogP contribution in [0, 0.1) is 5.92 Å². The zero-order chi connectivity index (χ0) is 18.5. The summed E-state index contributed by atoms with van der Waals surface area (Å²) in [5.41, 5.74) is 2.50. The highest BCUT2D eigenvalue weighted by atomic mass is 79.9. The van der Waals surface area contributed by atoms with E-state index >= 15 is 0 Å². The topological polar surface area (TPSA) is 84.2 Å². The molecule has 3 rings (SSSR count). The van der Waals surface area contributed by atoms with Gasteiger partial charge in [0.2, 0.25) is 0 Å². The van der Waals surface area contributed by atoms with Crippen molar-refractivity contribution in [2.75, 3.05) is 13.1 Å². The number of hydrogen-bond donors (Lipinski definition) is 2. The van der Waals surface area contributed by atoms with Crippen molar-refractivity contribution < 1.29 is 14.7 Å². The highest BCUT2D eigenvalue weighted by molar-refractivity contribution is 8.93. The number of hydrogen-bond acceptors (Lipinski definition) is 4. The minimum Gasteiger partial charge on any atom is -0.481 e. The van der Waals surface area contributed by atoms with E-state index in [9.17, 15) is 9.59 Å². The summed E-state index contributed by atoms with van der Waals surface area (Å²) in [7, 11) is 2.03. The van der Waals surface area contributed by atoms with Crippen molar-refractivity contribution in [3.8, 4) is 0 Å². The first-order valence-corrected chi connectivity index (χ1v) is 9.45. The number of aromatic nitrogens is 2. The number of carbonyl (C=O) groups is 2. The van der Waals surface area contributed by atoms with Crippen molar-refractivity contribution in [1.29, 1.82) is 0 Å². The molecule has 2 N–H and O–H groups in total.